The first-order valence-corrected chi connectivity index (χ1v) is 8.35. The molecule has 0 aliphatic carbocycles. The Labute approximate surface area is 152 Å². The fraction of sp³-hybridized carbons (Fsp3) is 0.368. The van der Waals surface area contributed by atoms with Gasteiger partial charge in [-0.05, 0) is 36.6 Å². The Morgan fingerprint density at radius 3 is 2.81 bits per heavy atom. The molecule has 2 amide bonds. The molecule has 2 N–H and O–H groups in total. The summed E-state index contributed by atoms with van der Waals surface area (Å²) in [5, 5.41) is 11.4. The van der Waals surface area contributed by atoms with Crippen molar-refractivity contribution in [3.8, 4) is 12.3 Å². The maximum atomic E-state index is 12.3. The highest BCUT2D eigenvalue weighted by Gasteiger charge is 2.28. The van der Waals surface area contributed by atoms with Crippen LogP contribution < -0.4 is 5.32 Å². The molecule has 0 bridgehead atoms. The second-order valence-electron chi connectivity index (χ2n) is 6.06. The van der Waals surface area contributed by atoms with Crippen LogP contribution in [0.3, 0.4) is 0 Å². The molecular formula is C19H21N3O4. The summed E-state index contributed by atoms with van der Waals surface area (Å²) in [5.74, 6) is 0.312. The van der Waals surface area contributed by atoms with Gasteiger partial charge in [-0.2, -0.15) is 0 Å². The number of aromatic nitrogens is 1. The van der Waals surface area contributed by atoms with E-state index in [2.05, 4.69) is 16.2 Å². The number of amides is 2. The molecule has 0 saturated carbocycles. The Morgan fingerprint density at radius 1 is 1.42 bits per heavy atom. The number of likely N-dealkylation sites (tertiary alicyclic amines) is 1. The van der Waals surface area contributed by atoms with E-state index in [1.54, 1.807) is 35.5 Å². The van der Waals surface area contributed by atoms with Crippen LogP contribution in [0, 0.1) is 18.3 Å². The summed E-state index contributed by atoms with van der Waals surface area (Å²) in [6, 6.07) is 2.73. The zero-order valence-electron chi connectivity index (χ0n) is 14.3. The van der Waals surface area contributed by atoms with E-state index >= 15 is 0 Å². The van der Waals surface area contributed by atoms with E-state index in [-0.39, 0.29) is 24.8 Å². The number of hydrogen-bond donors (Lipinski definition) is 2. The second-order valence-corrected chi connectivity index (χ2v) is 6.06. The molecule has 1 fully saturated rings. The van der Waals surface area contributed by atoms with Crippen molar-refractivity contribution in [1.82, 2.24) is 15.2 Å². The minimum Gasteiger partial charge on any atom is -0.481 e. The molecule has 0 unspecified atom stereocenters. The lowest BCUT2D eigenvalue weighted by Gasteiger charge is -2.31. The van der Waals surface area contributed by atoms with E-state index < -0.39 is 17.9 Å². The molecule has 0 aromatic carbocycles. The molecule has 2 heterocycles. The van der Waals surface area contributed by atoms with E-state index in [0.29, 0.717) is 19.4 Å². The number of pyridine rings is 1. The van der Waals surface area contributed by atoms with Gasteiger partial charge in [-0.25, -0.2) is 0 Å². The standard InChI is InChI=1S/C19H21N3O4/c1-2-16(12-18(24)25)21-19(26)15-4-3-11-22(13-15)17(23)6-5-14-7-9-20-10-8-14/h1,5-10,15-16H,3-4,11-13H2,(H,21,26)(H,24,25)/b6-5+/t15-,16-/m1/s1. The number of nitrogens with one attached hydrogen (secondary N) is 1. The largest absolute Gasteiger partial charge is 0.481 e. The Hall–Kier alpha value is -3.14. The number of carbonyl (C=O) groups excluding carboxylic acids is 2. The van der Waals surface area contributed by atoms with Crippen LogP contribution in [-0.4, -0.2) is 51.9 Å². The third kappa shape index (κ3) is 5.74. The van der Waals surface area contributed by atoms with Crippen LogP contribution >= 0.6 is 0 Å². The first-order valence-electron chi connectivity index (χ1n) is 8.35. The molecule has 1 aromatic heterocycles. The molecule has 0 radical (unpaired) electrons. The van der Waals surface area contributed by atoms with Gasteiger partial charge in [0.15, 0.2) is 0 Å². The van der Waals surface area contributed by atoms with Crippen LogP contribution in [0.2, 0.25) is 0 Å². The summed E-state index contributed by atoms with van der Waals surface area (Å²) in [6.07, 6.45) is 12.7. The Kier molecular flexibility index (Phi) is 6.92. The third-order valence-electron chi connectivity index (χ3n) is 4.12. The maximum absolute atomic E-state index is 12.3. The fourth-order valence-corrected chi connectivity index (χ4v) is 2.75. The molecule has 136 valence electrons. The molecule has 0 spiro atoms. The summed E-state index contributed by atoms with van der Waals surface area (Å²) in [5.41, 5.74) is 0.866. The third-order valence-corrected chi connectivity index (χ3v) is 4.12. The second kappa shape index (κ2) is 9.37. The van der Waals surface area contributed by atoms with Crippen molar-refractivity contribution in [2.24, 2.45) is 5.92 Å². The average molecular weight is 355 g/mol. The van der Waals surface area contributed by atoms with E-state index in [1.165, 1.54) is 6.08 Å². The minimum absolute atomic E-state index is 0.168. The van der Waals surface area contributed by atoms with Gasteiger partial charge < -0.3 is 15.3 Å². The lowest BCUT2D eigenvalue weighted by molar-refractivity contribution is -0.137. The summed E-state index contributed by atoms with van der Waals surface area (Å²) in [6.45, 7) is 0.868. The number of carbonyl (C=O) groups is 3. The molecule has 2 rings (SSSR count). The van der Waals surface area contributed by atoms with Crippen molar-refractivity contribution in [2.75, 3.05) is 13.1 Å². The van der Waals surface area contributed by atoms with E-state index in [4.69, 9.17) is 11.5 Å². The zero-order valence-corrected chi connectivity index (χ0v) is 14.3. The SMILES string of the molecule is C#C[C@H](CC(=O)O)NC(=O)[C@@H]1CCCN(C(=O)/C=C/c2ccncc2)C1. The zero-order chi connectivity index (χ0) is 18.9. The predicted octanol–water partition coefficient (Wildman–Crippen LogP) is 0.926. The molecule has 1 aromatic rings. The van der Waals surface area contributed by atoms with Crippen LogP contribution in [0.5, 0.6) is 0 Å². The van der Waals surface area contributed by atoms with Gasteiger partial charge in [0.25, 0.3) is 0 Å². The van der Waals surface area contributed by atoms with E-state index in [1.807, 2.05) is 0 Å². The Balaban J connectivity index is 1.92. The molecular weight excluding hydrogens is 334 g/mol. The summed E-state index contributed by atoms with van der Waals surface area (Å²) >= 11 is 0. The van der Waals surface area contributed by atoms with Crippen molar-refractivity contribution < 1.29 is 19.5 Å². The van der Waals surface area contributed by atoms with Gasteiger partial charge in [-0.3, -0.25) is 19.4 Å². The molecule has 1 saturated heterocycles. The highest BCUT2D eigenvalue weighted by molar-refractivity contribution is 5.92. The average Bonchev–Trinajstić information content (AvgIpc) is 2.66. The van der Waals surface area contributed by atoms with Crippen molar-refractivity contribution in [2.45, 2.75) is 25.3 Å². The van der Waals surface area contributed by atoms with Crippen LogP contribution in [0.15, 0.2) is 30.6 Å². The highest BCUT2D eigenvalue weighted by atomic mass is 16.4. The molecule has 1 aliphatic rings. The Bertz CT molecular complexity index is 724. The summed E-state index contributed by atoms with van der Waals surface area (Å²) in [7, 11) is 0. The van der Waals surface area contributed by atoms with Crippen LogP contribution in [-0.2, 0) is 14.4 Å². The lowest BCUT2D eigenvalue weighted by Crippen LogP contribution is -2.47. The number of aliphatic carboxylic acids is 1. The van der Waals surface area contributed by atoms with Crippen molar-refractivity contribution >= 4 is 23.9 Å². The summed E-state index contributed by atoms with van der Waals surface area (Å²) in [4.78, 5) is 41.0. The molecule has 26 heavy (non-hydrogen) atoms. The molecule has 7 nitrogen and oxygen atoms in total. The minimum atomic E-state index is -1.07. The number of piperidine rings is 1. The first-order chi connectivity index (χ1) is 12.5. The lowest BCUT2D eigenvalue weighted by atomic mass is 9.96. The smallest absolute Gasteiger partial charge is 0.306 e. The number of carboxylic acid groups (broad SMARTS) is 1. The Morgan fingerprint density at radius 2 is 2.15 bits per heavy atom. The van der Waals surface area contributed by atoms with Gasteiger partial charge >= 0.3 is 5.97 Å². The van der Waals surface area contributed by atoms with Crippen molar-refractivity contribution in [3.63, 3.8) is 0 Å². The highest BCUT2D eigenvalue weighted by Crippen LogP contribution is 2.17. The van der Waals surface area contributed by atoms with Crippen LogP contribution in [0.25, 0.3) is 6.08 Å². The van der Waals surface area contributed by atoms with Gasteiger partial charge in [0.2, 0.25) is 11.8 Å². The number of terminal acetylenes is 1. The first kappa shape index (κ1) is 19.2. The van der Waals surface area contributed by atoms with E-state index in [0.717, 1.165) is 5.56 Å². The normalized spacial score (nSPS) is 18.1. The van der Waals surface area contributed by atoms with Crippen molar-refractivity contribution in [3.05, 3.63) is 36.2 Å². The van der Waals surface area contributed by atoms with Gasteiger partial charge in [-0.15, -0.1) is 6.42 Å². The predicted molar refractivity (Wildman–Crippen MR) is 95.6 cm³/mol. The maximum Gasteiger partial charge on any atom is 0.306 e. The quantitative estimate of drug-likeness (QED) is 0.584. The van der Waals surface area contributed by atoms with Gasteiger partial charge in [0, 0.05) is 31.6 Å². The topological polar surface area (TPSA) is 99.6 Å². The van der Waals surface area contributed by atoms with Crippen molar-refractivity contribution in [1.29, 1.82) is 0 Å². The molecule has 1 aliphatic heterocycles. The molecule has 7 heteroatoms. The van der Waals surface area contributed by atoms with Gasteiger partial charge in [-0.1, -0.05) is 5.92 Å². The number of nitrogens with zero attached hydrogens (tertiary/aromatic N) is 2. The van der Waals surface area contributed by atoms with Gasteiger partial charge in [0.1, 0.15) is 6.04 Å². The van der Waals surface area contributed by atoms with E-state index in [9.17, 15) is 14.4 Å². The van der Waals surface area contributed by atoms with Gasteiger partial charge in [0.05, 0.1) is 12.3 Å². The van der Waals surface area contributed by atoms with Crippen LogP contribution in [0.1, 0.15) is 24.8 Å². The monoisotopic (exact) mass is 355 g/mol. The number of rotatable bonds is 6. The number of carboxylic acids is 1. The fourth-order valence-electron chi connectivity index (χ4n) is 2.75. The van der Waals surface area contributed by atoms with Crippen LogP contribution in [0.4, 0.5) is 0 Å². The summed E-state index contributed by atoms with van der Waals surface area (Å²) < 4.78 is 0. The number of hydrogen-bond acceptors (Lipinski definition) is 4. The molecule has 2 atom stereocenters.